The van der Waals surface area contributed by atoms with Gasteiger partial charge in [0, 0.05) is 11.1 Å². The molecule has 0 radical (unpaired) electrons. The third-order valence-corrected chi connectivity index (χ3v) is 5.28. The first-order valence-electron chi connectivity index (χ1n) is 7.80. The number of rotatable bonds is 6. The molecule has 0 fully saturated rings. The first-order valence-corrected chi connectivity index (χ1v) is 10.0. The lowest BCUT2D eigenvalue weighted by Crippen LogP contribution is -2.37. The van der Waals surface area contributed by atoms with Crippen molar-refractivity contribution in [1.82, 2.24) is 0 Å². The summed E-state index contributed by atoms with van der Waals surface area (Å²) < 4.78 is 30.6. The fraction of sp³-hybridized carbons (Fsp3) is 0.278. The number of sulfonamides is 1. The Labute approximate surface area is 158 Å². The van der Waals surface area contributed by atoms with Gasteiger partial charge in [-0.3, -0.25) is 9.10 Å². The van der Waals surface area contributed by atoms with E-state index in [1.165, 1.54) is 7.11 Å². The van der Waals surface area contributed by atoms with E-state index in [2.05, 4.69) is 5.32 Å². The van der Waals surface area contributed by atoms with Crippen molar-refractivity contribution in [3.05, 3.63) is 52.5 Å². The van der Waals surface area contributed by atoms with Gasteiger partial charge in [0.05, 0.1) is 24.7 Å². The van der Waals surface area contributed by atoms with Gasteiger partial charge in [0.1, 0.15) is 12.3 Å². The molecular weight excluding hydrogens is 376 g/mol. The fourth-order valence-electron chi connectivity index (χ4n) is 2.43. The highest BCUT2D eigenvalue weighted by atomic mass is 35.5. The van der Waals surface area contributed by atoms with Crippen molar-refractivity contribution in [1.29, 1.82) is 0 Å². The molecule has 2 aromatic carbocycles. The quantitative estimate of drug-likeness (QED) is 0.812. The number of hydrogen-bond acceptors (Lipinski definition) is 4. The molecule has 0 aliphatic carbocycles. The second kappa shape index (κ2) is 7.97. The van der Waals surface area contributed by atoms with Crippen LogP contribution >= 0.6 is 11.6 Å². The van der Waals surface area contributed by atoms with Crippen LogP contribution in [0.1, 0.15) is 11.1 Å². The van der Waals surface area contributed by atoms with E-state index in [-0.39, 0.29) is 6.54 Å². The van der Waals surface area contributed by atoms with E-state index in [1.807, 2.05) is 13.0 Å². The minimum Gasteiger partial charge on any atom is -0.495 e. The Bertz CT molecular complexity index is 929. The van der Waals surface area contributed by atoms with Gasteiger partial charge in [-0.1, -0.05) is 23.7 Å². The van der Waals surface area contributed by atoms with E-state index in [4.69, 9.17) is 16.3 Å². The summed E-state index contributed by atoms with van der Waals surface area (Å²) in [5.74, 6) is -0.0904. The second-order valence-electron chi connectivity index (χ2n) is 5.96. The predicted octanol–water partition coefficient (Wildman–Crippen LogP) is 3.37. The van der Waals surface area contributed by atoms with Gasteiger partial charge in [0.15, 0.2) is 0 Å². The van der Waals surface area contributed by atoms with Crippen molar-refractivity contribution in [3.63, 3.8) is 0 Å². The lowest BCUT2D eigenvalue weighted by Gasteiger charge is -2.22. The number of amides is 1. The molecule has 6 nitrogen and oxygen atoms in total. The number of carbonyl (C=O) groups is 1. The van der Waals surface area contributed by atoms with Crippen LogP contribution in [0.15, 0.2) is 36.4 Å². The van der Waals surface area contributed by atoms with Crippen LogP contribution < -0.4 is 14.4 Å². The summed E-state index contributed by atoms with van der Waals surface area (Å²) in [7, 11) is -2.17. The summed E-state index contributed by atoms with van der Waals surface area (Å²) in [6.45, 7) is 3.30. The Morgan fingerprint density at radius 1 is 1.23 bits per heavy atom. The fourth-order valence-corrected chi connectivity index (χ4v) is 3.44. The molecule has 0 bridgehead atoms. The first-order chi connectivity index (χ1) is 12.1. The molecule has 0 heterocycles. The Morgan fingerprint density at radius 2 is 1.92 bits per heavy atom. The zero-order valence-corrected chi connectivity index (χ0v) is 16.6. The highest BCUT2D eigenvalue weighted by Gasteiger charge is 2.21. The van der Waals surface area contributed by atoms with E-state index in [1.54, 1.807) is 37.3 Å². The van der Waals surface area contributed by atoms with Crippen LogP contribution in [0.5, 0.6) is 5.75 Å². The molecule has 0 unspecified atom stereocenters. The van der Waals surface area contributed by atoms with Crippen molar-refractivity contribution in [2.24, 2.45) is 0 Å². The summed E-state index contributed by atoms with van der Waals surface area (Å²) in [5, 5.41) is 3.20. The zero-order valence-electron chi connectivity index (χ0n) is 15.0. The molecule has 0 aliphatic heterocycles. The predicted molar refractivity (Wildman–Crippen MR) is 105 cm³/mol. The van der Waals surface area contributed by atoms with E-state index in [0.717, 1.165) is 21.7 Å². The van der Waals surface area contributed by atoms with Crippen LogP contribution in [0.25, 0.3) is 0 Å². The van der Waals surface area contributed by atoms with Gasteiger partial charge in [-0.15, -0.1) is 0 Å². The molecule has 140 valence electrons. The van der Waals surface area contributed by atoms with Gasteiger partial charge in [-0.25, -0.2) is 8.42 Å². The smallest absolute Gasteiger partial charge is 0.245 e. The number of methoxy groups -OCH3 is 1. The maximum absolute atomic E-state index is 12.5. The van der Waals surface area contributed by atoms with Crippen molar-refractivity contribution in [2.45, 2.75) is 13.8 Å². The average molecular weight is 397 g/mol. The summed E-state index contributed by atoms with van der Waals surface area (Å²) in [6, 6.07) is 10.2. The molecule has 0 saturated carbocycles. The number of aryl methyl sites for hydroxylation is 2. The highest BCUT2D eigenvalue weighted by Crippen LogP contribution is 2.31. The molecule has 2 aromatic rings. The van der Waals surface area contributed by atoms with Crippen LogP contribution in [-0.4, -0.2) is 34.2 Å². The summed E-state index contributed by atoms with van der Waals surface area (Å²) in [5.41, 5.74) is 2.52. The van der Waals surface area contributed by atoms with Gasteiger partial charge in [-0.05, 0) is 43.2 Å². The lowest BCUT2D eigenvalue weighted by atomic mass is 10.2. The Kier molecular flexibility index (Phi) is 6.15. The molecule has 1 N–H and O–H groups in total. The third-order valence-electron chi connectivity index (χ3n) is 3.73. The number of ether oxygens (including phenoxy) is 1. The SMILES string of the molecule is COc1cc(Cl)c(C)cc1NC(=O)CN(c1cccc(C)c1)S(C)(=O)=O. The third kappa shape index (κ3) is 4.89. The lowest BCUT2D eigenvalue weighted by molar-refractivity contribution is -0.114. The highest BCUT2D eigenvalue weighted by molar-refractivity contribution is 7.92. The van der Waals surface area contributed by atoms with Crippen LogP contribution in [0, 0.1) is 13.8 Å². The van der Waals surface area contributed by atoms with Crippen molar-refractivity contribution in [2.75, 3.05) is 29.5 Å². The Hall–Kier alpha value is -2.25. The van der Waals surface area contributed by atoms with E-state index in [0.29, 0.717) is 22.1 Å². The number of nitrogens with zero attached hydrogens (tertiary/aromatic N) is 1. The molecule has 0 aliphatic rings. The largest absolute Gasteiger partial charge is 0.495 e. The number of halogens is 1. The van der Waals surface area contributed by atoms with E-state index >= 15 is 0 Å². The number of anilines is 2. The topological polar surface area (TPSA) is 75.7 Å². The summed E-state index contributed by atoms with van der Waals surface area (Å²) in [4.78, 5) is 12.5. The molecule has 0 aromatic heterocycles. The first kappa shape index (κ1) is 20.1. The summed E-state index contributed by atoms with van der Waals surface area (Å²) in [6.07, 6.45) is 1.07. The van der Waals surface area contributed by atoms with Crippen molar-refractivity contribution in [3.8, 4) is 5.75 Å². The molecule has 26 heavy (non-hydrogen) atoms. The molecule has 1 amide bonds. The van der Waals surface area contributed by atoms with Crippen LogP contribution in [-0.2, 0) is 14.8 Å². The Morgan fingerprint density at radius 3 is 2.50 bits per heavy atom. The molecule has 8 heteroatoms. The number of benzene rings is 2. The van der Waals surface area contributed by atoms with E-state index < -0.39 is 15.9 Å². The van der Waals surface area contributed by atoms with Gasteiger partial charge in [-0.2, -0.15) is 0 Å². The molecular formula is C18H21ClN2O4S. The van der Waals surface area contributed by atoms with Gasteiger partial charge in [0.25, 0.3) is 0 Å². The van der Waals surface area contributed by atoms with E-state index in [9.17, 15) is 13.2 Å². The molecule has 2 rings (SSSR count). The average Bonchev–Trinajstić information content (AvgIpc) is 2.54. The van der Waals surface area contributed by atoms with Crippen molar-refractivity contribution >= 4 is 38.9 Å². The summed E-state index contributed by atoms with van der Waals surface area (Å²) >= 11 is 6.06. The van der Waals surface area contributed by atoms with Crippen LogP contribution in [0.4, 0.5) is 11.4 Å². The van der Waals surface area contributed by atoms with Crippen LogP contribution in [0.3, 0.4) is 0 Å². The molecule has 0 spiro atoms. The second-order valence-corrected chi connectivity index (χ2v) is 8.27. The number of hydrogen-bond donors (Lipinski definition) is 1. The Balaban J connectivity index is 2.28. The number of carbonyl (C=O) groups excluding carboxylic acids is 1. The van der Waals surface area contributed by atoms with Gasteiger partial charge in [0.2, 0.25) is 15.9 Å². The molecule has 0 atom stereocenters. The zero-order chi connectivity index (χ0) is 19.5. The standard InChI is InChI=1S/C18H21ClN2O4S/c1-12-6-5-7-14(8-12)21(26(4,23)24)11-18(22)20-16-9-13(2)15(19)10-17(16)25-3/h5-10H,11H2,1-4H3,(H,20,22). The minimum atomic E-state index is -3.63. The minimum absolute atomic E-state index is 0.354. The normalized spacial score (nSPS) is 11.1. The maximum atomic E-state index is 12.5. The number of nitrogens with one attached hydrogen (secondary N) is 1. The monoisotopic (exact) mass is 396 g/mol. The molecule has 0 saturated heterocycles. The van der Waals surface area contributed by atoms with Gasteiger partial charge < -0.3 is 10.1 Å². The van der Waals surface area contributed by atoms with Crippen molar-refractivity contribution < 1.29 is 17.9 Å². The van der Waals surface area contributed by atoms with Crippen LogP contribution in [0.2, 0.25) is 5.02 Å². The van der Waals surface area contributed by atoms with Gasteiger partial charge >= 0.3 is 0 Å². The maximum Gasteiger partial charge on any atom is 0.245 e.